The molecule has 0 unspecified atom stereocenters. The lowest BCUT2D eigenvalue weighted by molar-refractivity contribution is -0.384. The molecular formula is C17H14ClNO6. The number of carbonyl (C=O) groups is 2. The Morgan fingerprint density at radius 2 is 1.76 bits per heavy atom. The van der Waals surface area contributed by atoms with Crippen molar-refractivity contribution in [3.63, 3.8) is 0 Å². The van der Waals surface area contributed by atoms with E-state index in [2.05, 4.69) is 0 Å². The molecule has 7 nitrogen and oxygen atoms in total. The van der Waals surface area contributed by atoms with Gasteiger partial charge in [-0.3, -0.25) is 19.7 Å². The molecule has 25 heavy (non-hydrogen) atoms. The molecule has 0 atom stereocenters. The van der Waals surface area contributed by atoms with Crippen LogP contribution in [0.5, 0.6) is 5.75 Å². The zero-order valence-electron chi connectivity index (χ0n) is 13.0. The summed E-state index contributed by atoms with van der Waals surface area (Å²) in [5.74, 6) is -1.02. The highest BCUT2D eigenvalue weighted by Gasteiger charge is 2.09. The minimum Gasteiger partial charge on any atom is -0.461 e. The van der Waals surface area contributed by atoms with Gasteiger partial charge >= 0.3 is 11.9 Å². The number of ether oxygens (including phenoxy) is 2. The Balaban J connectivity index is 1.88. The van der Waals surface area contributed by atoms with E-state index >= 15 is 0 Å². The summed E-state index contributed by atoms with van der Waals surface area (Å²) in [4.78, 5) is 33.1. The Morgan fingerprint density at radius 3 is 2.40 bits per heavy atom. The smallest absolute Gasteiger partial charge is 0.326 e. The van der Waals surface area contributed by atoms with Crippen molar-refractivity contribution in [1.29, 1.82) is 0 Å². The van der Waals surface area contributed by atoms with Crippen molar-refractivity contribution < 1.29 is 24.0 Å². The Labute approximate surface area is 148 Å². The van der Waals surface area contributed by atoms with Gasteiger partial charge in [0.2, 0.25) is 0 Å². The van der Waals surface area contributed by atoms with Crippen LogP contribution in [-0.2, 0) is 27.4 Å². The maximum Gasteiger partial charge on any atom is 0.326 e. The summed E-state index contributed by atoms with van der Waals surface area (Å²) in [6.07, 6.45) is -0.000747. The Kier molecular flexibility index (Phi) is 6.47. The number of nitro benzene ring substituents is 1. The summed E-state index contributed by atoms with van der Waals surface area (Å²) >= 11 is 5.37. The zero-order valence-corrected chi connectivity index (χ0v) is 13.8. The molecule has 2 aromatic rings. The summed E-state index contributed by atoms with van der Waals surface area (Å²) in [5.41, 5.74) is 1.23. The fraction of sp³-hybridized carbons (Fsp3) is 0.176. The number of carbonyl (C=O) groups excluding carboxylic acids is 2. The van der Waals surface area contributed by atoms with Crippen molar-refractivity contribution in [2.75, 3.05) is 5.88 Å². The summed E-state index contributed by atoms with van der Waals surface area (Å²) in [6, 6.07) is 12.2. The highest BCUT2D eigenvalue weighted by Crippen LogP contribution is 2.16. The van der Waals surface area contributed by atoms with Crippen LogP contribution in [0.25, 0.3) is 0 Å². The maximum atomic E-state index is 11.9. The zero-order chi connectivity index (χ0) is 18.2. The van der Waals surface area contributed by atoms with Gasteiger partial charge < -0.3 is 9.47 Å². The summed E-state index contributed by atoms with van der Waals surface area (Å²) < 4.78 is 10.1. The van der Waals surface area contributed by atoms with E-state index < -0.39 is 16.9 Å². The lowest BCUT2D eigenvalue weighted by atomic mass is 10.1. The second kappa shape index (κ2) is 8.79. The number of hydrogen-bond donors (Lipinski definition) is 0. The molecule has 0 saturated heterocycles. The first-order valence-electron chi connectivity index (χ1n) is 7.22. The predicted molar refractivity (Wildman–Crippen MR) is 89.4 cm³/mol. The van der Waals surface area contributed by atoms with Gasteiger partial charge in [0.1, 0.15) is 18.2 Å². The molecule has 2 rings (SSSR count). The number of hydrogen-bond acceptors (Lipinski definition) is 6. The first-order valence-corrected chi connectivity index (χ1v) is 7.76. The van der Waals surface area contributed by atoms with Gasteiger partial charge in [0, 0.05) is 12.1 Å². The third kappa shape index (κ3) is 5.89. The van der Waals surface area contributed by atoms with Crippen LogP contribution in [0.2, 0.25) is 0 Å². The molecule has 130 valence electrons. The molecule has 0 radical (unpaired) electrons. The van der Waals surface area contributed by atoms with Crippen LogP contribution in [0, 0.1) is 10.1 Å². The number of benzene rings is 2. The number of nitrogens with zero attached hydrogens (tertiary/aromatic N) is 1. The van der Waals surface area contributed by atoms with Gasteiger partial charge in [-0.25, -0.2) is 0 Å². The molecule has 0 fully saturated rings. The molecule has 0 amide bonds. The van der Waals surface area contributed by atoms with Gasteiger partial charge in [0.25, 0.3) is 5.69 Å². The molecule has 0 aliphatic heterocycles. The fourth-order valence-electron chi connectivity index (χ4n) is 1.97. The topological polar surface area (TPSA) is 95.7 Å². The Hall–Kier alpha value is -2.93. The van der Waals surface area contributed by atoms with E-state index in [1.54, 1.807) is 24.3 Å². The number of halogens is 1. The third-order valence-electron chi connectivity index (χ3n) is 3.13. The lowest BCUT2D eigenvalue weighted by Gasteiger charge is -2.07. The molecule has 0 saturated carbocycles. The first-order chi connectivity index (χ1) is 12.0. The molecule has 0 heterocycles. The normalized spacial score (nSPS) is 10.1. The number of nitro groups is 1. The summed E-state index contributed by atoms with van der Waals surface area (Å²) in [6.45, 7) is 0.0117. The summed E-state index contributed by atoms with van der Waals surface area (Å²) in [7, 11) is 0. The third-order valence-corrected chi connectivity index (χ3v) is 3.35. The van der Waals surface area contributed by atoms with Crippen molar-refractivity contribution in [3.8, 4) is 5.75 Å². The predicted octanol–water partition coefficient (Wildman–Crippen LogP) is 3.02. The van der Waals surface area contributed by atoms with Crippen LogP contribution in [0.1, 0.15) is 11.1 Å². The van der Waals surface area contributed by atoms with E-state index in [0.717, 1.165) is 0 Å². The van der Waals surface area contributed by atoms with Crippen molar-refractivity contribution in [1.82, 2.24) is 0 Å². The Morgan fingerprint density at radius 1 is 1.04 bits per heavy atom. The lowest BCUT2D eigenvalue weighted by Crippen LogP contribution is -2.10. The average molecular weight is 364 g/mol. The number of rotatable bonds is 7. The highest BCUT2D eigenvalue weighted by atomic mass is 35.5. The van der Waals surface area contributed by atoms with E-state index in [1.165, 1.54) is 24.3 Å². The van der Waals surface area contributed by atoms with Crippen molar-refractivity contribution in [2.24, 2.45) is 0 Å². The molecule has 0 aliphatic rings. The minimum atomic E-state index is -0.584. The van der Waals surface area contributed by atoms with Crippen molar-refractivity contribution in [3.05, 3.63) is 69.8 Å². The number of esters is 2. The molecule has 0 aromatic heterocycles. The molecule has 0 N–H and O–H groups in total. The quantitative estimate of drug-likeness (QED) is 0.247. The molecule has 2 aromatic carbocycles. The molecular weight excluding hydrogens is 350 g/mol. The standard InChI is InChI=1S/C17H14ClNO6/c18-10-17(21)25-15-3-1-2-13(8-15)9-16(20)24-11-12-4-6-14(7-5-12)19(22)23/h1-8H,9-11H2. The minimum absolute atomic E-state index is 0.000747. The van der Waals surface area contributed by atoms with E-state index in [9.17, 15) is 19.7 Å². The van der Waals surface area contributed by atoms with Crippen LogP contribution in [0.15, 0.2) is 48.5 Å². The van der Waals surface area contributed by atoms with Crippen LogP contribution in [0.3, 0.4) is 0 Å². The SMILES string of the molecule is O=C(Cc1cccc(OC(=O)CCl)c1)OCc1ccc([N+](=O)[O-])cc1. The van der Waals surface area contributed by atoms with E-state index in [1.807, 2.05) is 0 Å². The van der Waals surface area contributed by atoms with E-state index in [0.29, 0.717) is 16.9 Å². The second-order valence-electron chi connectivity index (χ2n) is 5.02. The second-order valence-corrected chi connectivity index (χ2v) is 5.28. The maximum absolute atomic E-state index is 11.9. The van der Waals surface area contributed by atoms with E-state index in [4.69, 9.17) is 21.1 Å². The van der Waals surface area contributed by atoms with Crippen LogP contribution < -0.4 is 4.74 Å². The largest absolute Gasteiger partial charge is 0.461 e. The molecule has 0 bridgehead atoms. The van der Waals surface area contributed by atoms with E-state index in [-0.39, 0.29) is 24.6 Å². The molecule has 0 aliphatic carbocycles. The van der Waals surface area contributed by atoms with Gasteiger partial charge in [0.15, 0.2) is 0 Å². The summed E-state index contributed by atoms with van der Waals surface area (Å²) in [5, 5.41) is 10.6. The van der Waals surface area contributed by atoms with Crippen molar-refractivity contribution >= 4 is 29.2 Å². The van der Waals surface area contributed by atoms with Gasteiger partial charge in [-0.1, -0.05) is 12.1 Å². The molecule has 0 spiro atoms. The highest BCUT2D eigenvalue weighted by molar-refractivity contribution is 6.26. The fourth-order valence-corrected chi connectivity index (χ4v) is 2.03. The van der Waals surface area contributed by atoms with Gasteiger partial charge in [-0.05, 0) is 35.4 Å². The monoisotopic (exact) mass is 363 g/mol. The van der Waals surface area contributed by atoms with Crippen LogP contribution in [-0.4, -0.2) is 22.7 Å². The first kappa shape index (κ1) is 18.4. The van der Waals surface area contributed by atoms with Crippen LogP contribution >= 0.6 is 11.6 Å². The van der Waals surface area contributed by atoms with Gasteiger partial charge in [-0.15, -0.1) is 11.6 Å². The Bertz CT molecular complexity index is 775. The average Bonchev–Trinajstić information content (AvgIpc) is 2.60. The number of alkyl halides is 1. The van der Waals surface area contributed by atoms with Gasteiger partial charge in [-0.2, -0.15) is 0 Å². The number of non-ortho nitro benzene ring substituents is 1. The van der Waals surface area contributed by atoms with Crippen molar-refractivity contribution in [2.45, 2.75) is 13.0 Å². The molecule has 8 heteroatoms. The van der Waals surface area contributed by atoms with Crippen LogP contribution in [0.4, 0.5) is 5.69 Å². The van der Waals surface area contributed by atoms with Gasteiger partial charge in [0.05, 0.1) is 11.3 Å².